The molecule has 0 rings (SSSR count). The lowest BCUT2D eigenvalue weighted by atomic mass is 9.98. The predicted octanol–water partition coefficient (Wildman–Crippen LogP) is 2.44. The minimum atomic E-state index is -0.615. The highest BCUT2D eigenvalue weighted by atomic mass is 16.5. The van der Waals surface area contributed by atoms with Crippen LogP contribution in [0, 0.1) is 5.92 Å². The number of nitrogens with one attached hydrogen (secondary N) is 1. The van der Waals surface area contributed by atoms with Crippen molar-refractivity contribution in [2.45, 2.75) is 52.0 Å². The van der Waals surface area contributed by atoms with E-state index in [1.54, 1.807) is 6.08 Å². The first-order chi connectivity index (χ1) is 8.60. The number of hydrogen-bond donors (Lipinski definition) is 1. The molecule has 0 aromatic rings. The van der Waals surface area contributed by atoms with Gasteiger partial charge in [-0.25, -0.2) is 4.79 Å². The van der Waals surface area contributed by atoms with Crippen molar-refractivity contribution in [3.8, 4) is 0 Å². The first-order valence-corrected chi connectivity index (χ1v) is 6.59. The second-order valence-electron chi connectivity index (χ2n) is 4.36. The number of carbonyl (C=O) groups is 2. The van der Waals surface area contributed by atoms with Gasteiger partial charge in [-0.05, 0) is 19.3 Å². The van der Waals surface area contributed by atoms with Crippen LogP contribution in [0.5, 0.6) is 0 Å². The molecule has 0 bridgehead atoms. The Morgan fingerprint density at radius 1 is 1.39 bits per heavy atom. The van der Waals surface area contributed by atoms with Gasteiger partial charge in [0.15, 0.2) is 0 Å². The molecule has 104 valence electrons. The molecule has 0 aliphatic heterocycles. The van der Waals surface area contributed by atoms with E-state index >= 15 is 0 Å². The van der Waals surface area contributed by atoms with Crippen LogP contribution >= 0.6 is 0 Å². The Kier molecular flexibility index (Phi) is 8.97. The average molecular weight is 255 g/mol. The monoisotopic (exact) mass is 255 g/mol. The second kappa shape index (κ2) is 9.68. The third-order valence-electron chi connectivity index (χ3n) is 2.97. The SMILES string of the molecule is C=CC[C@H](NC(=O)C(CC)CCCC)C(=O)OC. The molecular formula is C14H25NO3. The van der Waals surface area contributed by atoms with Gasteiger partial charge >= 0.3 is 5.97 Å². The van der Waals surface area contributed by atoms with Gasteiger partial charge in [0.2, 0.25) is 5.91 Å². The van der Waals surface area contributed by atoms with Crippen molar-refractivity contribution in [1.82, 2.24) is 5.32 Å². The zero-order chi connectivity index (χ0) is 14.0. The highest BCUT2D eigenvalue weighted by molar-refractivity contribution is 5.85. The Balaban J connectivity index is 4.45. The topological polar surface area (TPSA) is 55.4 Å². The summed E-state index contributed by atoms with van der Waals surface area (Å²) in [5.74, 6) is -0.515. The molecule has 0 heterocycles. The minimum absolute atomic E-state index is 0.0260. The van der Waals surface area contributed by atoms with Crippen molar-refractivity contribution >= 4 is 11.9 Å². The number of ether oxygens (including phenoxy) is 1. The molecule has 0 radical (unpaired) electrons. The third-order valence-corrected chi connectivity index (χ3v) is 2.97. The molecule has 0 spiro atoms. The van der Waals surface area contributed by atoms with Crippen LogP contribution in [0.25, 0.3) is 0 Å². The van der Waals surface area contributed by atoms with Crippen molar-refractivity contribution in [2.24, 2.45) is 5.92 Å². The van der Waals surface area contributed by atoms with E-state index in [0.717, 1.165) is 25.7 Å². The van der Waals surface area contributed by atoms with E-state index in [1.165, 1.54) is 7.11 Å². The lowest BCUT2D eigenvalue weighted by Crippen LogP contribution is -2.43. The zero-order valence-corrected chi connectivity index (χ0v) is 11.7. The fraction of sp³-hybridized carbons (Fsp3) is 0.714. The summed E-state index contributed by atoms with van der Waals surface area (Å²) in [4.78, 5) is 23.5. The molecule has 1 amide bonds. The maximum absolute atomic E-state index is 12.0. The van der Waals surface area contributed by atoms with Crippen LogP contribution in [-0.4, -0.2) is 25.0 Å². The van der Waals surface area contributed by atoms with Crippen molar-refractivity contribution < 1.29 is 14.3 Å². The molecule has 0 saturated carbocycles. The minimum Gasteiger partial charge on any atom is -0.467 e. The summed E-state index contributed by atoms with van der Waals surface area (Å²) in [6.45, 7) is 7.66. The highest BCUT2D eigenvalue weighted by Gasteiger charge is 2.23. The van der Waals surface area contributed by atoms with E-state index in [9.17, 15) is 9.59 Å². The maximum Gasteiger partial charge on any atom is 0.328 e. The van der Waals surface area contributed by atoms with Crippen LogP contribution in [0.1, 0.15) is 46.0 Å². The molecule has 4 nitrogen and oxygen atoms in total. The Hall–Kier alpha value is -1.32. The lowest BCUT2D eigenvalue weighted by Gasteiger charge is -2.19. The molecule has 0 aromatic heterocycles. The van der Waals surface area contributed by atoms with Crippen LogP contribution in [0.4, 0.5) is 0 Å². The average Bonchev–Trinajstić information content (AvgIpc) is 2.38. The number of rotatable bonds is 9. The number of carbonyl (C=O) groups excluding carboxylic acids is 2. The molecule has 18 heavy (non-hydrogen) atoms. The molecule has 2 atom stereocenters. The highest BCUT2D eigenvalue weighted by Crippen LogP contribution is 2.13. The molecule has 4 heteroatoms. The van der Waals surface area contributed by atoms with Crippen LogP contribution in [-0.2, 0) is 14.3 Å². The van der Waals surface area contributed by atoms with Crippen molar-refractivity contribution in [2.75, 3.05) is 7.11 Å². The van der Waals surface area contributed by atoms with E-state index in [2.05, 4.69) is 23.6 Å². The fourth-order valence-electron chi connectivity index (χ4n) is 1.78. The molecule has 0 saturated heterocycles. The zero-order valence-electron chi connectivity index (χ0n) is 11.7. The summed E-state index contributed by atoms with van der Waals surface area (Å²) < 4.78 is 4.66. The Morgan fingerprint density at radius 2 is 2.06 bits per heavy atom. The van der Waals surface area contributed by atoms with Gasteiger partial charge in [-0.1, -0.05) is 32.8 Å². The van der Waals surface area contributed by atoms with E-state index in [4.69, 9.17) is 0 Å². The van der Waals surface area contributed by atoms with E-state index in [0.29, 0.717) is 6.42 Å². The largest absolute Gasteiger partial charge is 0.467 e. The first kappa shape index (κ1) is 16.7. The predicted molar refractivity (Wildman–Crippen MR) is 72.1 cm³/mol. The molecular weight excluding hydrogens is 230 g/mol. The van der Waals surface area contributed by atoms with Crippen molar-refractivity contribution in [1.29, 1.82) is 0 Å². The van der Waals surface area contributed by atoms with E-state index in [1.807, 2.05) is 6.92 Å². The van der Waals surface area contributed by atoms with Gasteiger partial charge in [-0.15, -0.1) is 6.58 Å². The molecule has 0 fully saturated rings. The molecule has 1 unspecified atom stereocenters. The van der Waals surface area contributed by atoms with Gasteiger partial charge in [0.1, 0.15) is 6.04 Å². The first-order valence-electron chi connectivity index (χ1n) is 6.59. The number of methoxy groups -OCH3 is 1. The summed E-state index contributed by atoms with van der Waals surface area (Å²) >= 11 is 0. The quantitative estimate of drug-likeness (QED) is 0.508. The smallest absolute Gasteiger partial charge is 0.328 e. The fourth-order valence-corrected chi connectivity index (χ4v) is 1.78. The molecule has 0 aliphatic rings. The Morgan fingerprint density at radius 3 is 2.50 bits per heavy atom. The Labute approximate surface area is 110 Å². The van der Waals surface area contributed by atoms with Crippen LogP contribution in [0.3, 0.4) is 0 Å². The van der Waals surface area contributed by atoms with Gasteiger partial charge in [-0.3, -0.25) is 4.79 Å². The summed E-state index contributed by atoms with van der Waals surface area (Å²) in [6, 6.07) is -0.615. The third kappa shape index (κ3) is 5.84. The van der Waals surface area contributed by atoms with E-state index < -0.39 is 12.0 Å². The number of amides is 1. The van der Waals surface area contributed by atoms with Gasteiger partial charge in [0.05, 0.1) is 7.11 Å². The maximum atomic E-state index is 12.0. The number of unbranched alkanes of at least 4 members (excludes halogenated alkanes) is 1. The van der Waals surface area contributed by atoms with Crippen LogP contribution in [0.2, 0.25) is 0 Å². The van der Waals surface area contributed by atoms with Crippen LogP contribution < -0.4 is 5.32 Å². The Bertz CT molecular complexity index is 276. The standard InChI is InChI=1S/C14H25NO3/c1-5-8-10-11(7-3)13(16)15-12(9-6-2)14(17)18-4/h6,11-12H,2,5,7-10H2,1,3-4H3,(H,15,16)/t11?,12-/m0/s1. The van der Waals surface area contributed by atoms with E-state index in [-0.39, 0.29) is 11.8 Å². The number of hydrogen-bond acceptors (Lipinski definition) is 3. The summed E-state index contributed by atoms with van der Waals surface area (Å²) in [6.07, 6.45) is 5.74. The summed E-state index contributed by atoms with van der Waals surface area (Å²) in [5, 5.41) is 2.74. The van der Waals surface area contributed by atoms with Crippen LogP contribution in [0.15, 0.2) is 12.7 Å². The van der Waals surface area contributed by atoms with Crippen molar-refractivity contribution in [3.05, 3.63) is 12.7 Å². The van der Waals surface area contributed by atoms with Gasteiger partial charge < -0.3 is 10.1 Å². The summed E-state index contributed by atoms with van der Waals surface area (Å²) in [5.41, 5.74) is 0. The normalized spacial score (nSPS) is 13.5. The van der Waals surface area contributed by atoms with Crippen molar-refractivity contribution in [3.63, 3.8) is 0 Å². The second-order valence-corrected chi connectivity index (χ2v) is 4.36. The lowest BCUT2D eigenvalue weighted by molar-refractivity contribution is -0.145. The number of esters is 1. The van der Waals surface area contributed by atoms with Gasteiger partial charge in [0, 0.05) is 5.92 Å². The van der Waals surface area contributed by atoms with Gasteiger partial charge in [-0.2, -0.15) is 0 Å². The molecule has 0 aromatic carbocycles. The van der Waals surface area contributed by atoms with Gasteiger partial charge in [0.25, 0.3) is 0 Å². The summed E-state index contributed by atoms with van der Waals surface area (Å²) in [7, 11) is 1.32. The molecule has 0 aliphatic carbocycles. The molecule has 1 N–H and O–H groups in total.